The molecular weight excluding hydrogens is 302 g/mol. The van der Waals surface area contributed by atoms with Crippen molar-refractivity contribution in [1.29, 1.82) is 0 Å². The maximum Gasteiger partial charge on any atom is 0.178 e. The number of nitrogens with zero attached hydrogens (tertiary/aromatic N) is 5. The average molecular weight is 321 g/mol. The van der Waals surface area contributed by atoms with Crippen molar-refractivity contribution in [2.45, 2.75) is 26.8 Å². The number of fused-ring (bicyclic) bond motifs is 2. The van der Waals surface area contributed by atoms with Gasteiger partial charge in [0.25, 0.3) is 0 Å². The summed E-state index contributed by atoms with van der Waals surface area (Å²) in [6.45, 7) is 5.31. The van der Waals surface area contributed by atoms with Gasteiger partial charge in [-0.15, -0.1) is 0 Å². The molecule has 0 amide bonds. The molecule has 7 heteroatoms. The molecule has 0 saturated heterocycles. The van der Waals surface area contributed by atoms with Gasteiger partial charge < -0.3 is 5.32 Å². The van der Waals surface area contributed by atoms with Gasteiger partial charge in [-0.25, -0.2) is 9.67 Å². The largest absolute Gasteiger partial charge is 0.336 e. The molecule has 0 aliphatic heterocycles. The summed E-state index contributed by atoms with van der Waals surface area (Å²) in [5.74, 6) is 1.34. The van der Waals surface area contributed by atoms with Crippen LogP contribution in [0.25, 0.3) is 22.1 Å². The van der Waals surface area contributed by atoms with Crippen LogP contribution in [0.4, 0.5) is 11.5 Å². The van der Waals surface area contributed by atoms with Crippen molar-refractivity contribution >= 4 is 33.6 Å². The summed E-state index contributed by atoms with van der Waals surface area (Å²) in [6, 6.07) is 5.86. The Morgan fingerprint density at radius 3 is 3.04 bits per heavy atom. The van der Waals surface area contributed by atoms with Gasteiger partial charge >= 0.3 is 0 Å². The van der Waals surface area contributed by atoms with Crippen LogP contribution in [0.5, 0.6) is 0 Å². The fourth-order valence-electron chi connectivity index (χ4n) is 2.66. The van der Waals surface area contributed by atoms with Crippen LogP contribution < -0.4 is 5.32 Å². The number of nitrogens with one attached hydrogen (secondary N) is 2. The van der Waals surface area contributed by atoms with Crippen LogP contribution >= 0.6 is 0 Å². The summed E-state index contributed by atoms with van der Waals surface area (Å²) in [7, 11) is 0. The van der Waals surface area contributed by atoms with Crippen molar-refractivity contribution in [2.24, 2.45) is 5.92 Å². The lowest BCUT2D eigenvalue weighted by Gasteiger charge is -2.06. The molecule has 0 radical (unpaired) electrons. The molecular formula is C17H19N7. The Balaban J connectivity index is 1.61. The number of pyridine rings is 2. The molecule has 0 atom stereocenters. The molecule has 0 spiro atoms. The van der Waals surface area contributed by atoms with E-state index in [9.17, 15) is 0 Å². The molecule has 4 aromatic heterocycles. The molecule has 24 heavy (non-hydrogen) atoms. The van der Waals surface area contributed by atoms with Crippen LogP contribution in [0.1, 0.15) is 20.3 Å². The summed E-state index contributed by atoms with van der Waals surface area (Å²) in [5.41, 5.74) is 3.48. The number of aryl methyl sites for hydroxylation is 1. The lowest BCUT2D eigenvalue weighted by atomic mass is 10.1. The van der Waals surface area contributed by atoms with Crippen LogP contribution in [0.3, 0.4) is 0 Å². The van der Waals surface area contributed by atoms with Crippen LogP contribution in [0.2, 0.25) is 0 Å². The van der Waals surface area contributed by atoms with E-state index in [1.165, 1.54) is 0 Å². The van der Waals surface area contributed by atoms with Gasteiger partial charge in [-0.3, -0.25) is 10.1 Å². The van der Waals surface area contributed by atoms with Gasteiger partial charge in [0.05, 0.1) is 23.6 Å². The minimum Gasteiger partial charge on any atom is -0.336 e. The molecule has 0 aliphatic carbocycles. The highest BCUT2D eigenvalue weighted by Crippen LogP contribution is 2.23. The zero-order valence-corrected chi connectivity index (χ0v) is 13.7. The Kier molecular flexibility index (Phi) is 3.60. The molecule has 2 N–H and O–H groups in total. The Morgan fingerprint density at radius 2 is 2.17 bits per heavy atom. The maximum atomic E-state index is 4.56. The zero-order chi connectivity index (χ0) is 16.5. The SMILES string of the molecule is CC(C)CCn1ncc2cc(Nc3n[nH]c4cccnc34)cnc21. The van der Waals surface area contributed by atoms with Crippen molar-refractivity contribution in [2.75, 3.05) is 5.32 Å². The first kappa shape index (κ1) is 14.6. The van der Waals surface area contributed by atoms with Gasteiger partial charge in [0.1, 0.15) is 5.52 Å². The minimum absolute atomic E-state index is 0.644. The predicted molar refractivity (Wildman–Crippen MR) is 94.2 cm³/mol. The third-order valence-corrected chi connectivity index (χ3v) is 3.98. The molecule has 0 unspecified atom stereocenters. The number of anilines is 2. The molecule has 7 nitrogen and oxygen atoms in total. The molecule has 122 valence electrons. The average Bonchev–Trinajstić information content (AvgIpc) is 3.17. The van der Waals surface area contributed by atoms with E-state index < -0.39 is 0 Å². The number of hydrogen-bond donors (Lipinski definition) is 2. The molecule has 0 bridgehead atoms. The van der Waals surface area contributed by atoms with E-state index in [2.05, 4.69) is 44.4 Å². The zero-order valence-electron chi connectivity index (χ0n) is 13.7. The third kappa shape index (κ3) is 2.68. The van der Waals surface area contributed by atoms with Crippen molar-refractivity contribution in [3.8, 4) is 0 Å². The molecule has 0 saturated carbocycles. The minimum atomic E-state index is 0.644. The fraction of sp³-hybridized carbons (Fsp3) is 0.294. The van der Waals surface area contributed by atoms with Gasteiger partial charge in [0.15, 0.2) is 11.5 Å². The van der Waals surface area contributed by atoms with Crippen LogP contribution in [-0.2, 0) is 6.54 Å². The Bertz CT molecular complexity index is 983. The standard InChI is InChI=1S/C17H19N7/c1-11(2)5-7-24-17-12(9-20-24)8-13(10-19-17)21-16-15-14(22-23-16)4-3-6-18-15/h3-4,6,8-11H,5,7H2,1-2H3,(H2,21,22,23). The highest BCUT2D eigenvalue weighted by molar-refractivity contribution is 5.88. The number of aromatic nitrogens is 6. The monoisotopic (exact) mass is 321 g/mol. The maximum absolute atomic E-state index is 4.56. The van der Waals surface area contributed by atoms with Crippen LogP contribution in [0, 0.1) is 5.92 Å². The van der Waals surface area contributed by atoms with E-state index in [-0.39, 0.29) is 0 Å². The summed E-state index contributed by atoms with van der Waals surface area (Å²) >= 11 is 0. The smallest absolute Gasteiger partial charge is 0.178 e. The van der Waals surface area contributed by atoms with Gasteiger partial charge in [-0.1, -0.05) is 13.8 Å². The Labute approximate surface area is 139 Å². The van der Waals surface area contributed by atoms with E-state index in [1.54, 1.807) is 12.4 Å². The number of hydrogen-bond acceptors (Lipinski definition) is 5. The number of aromatic amines is 1. The quantitative estimate of drug-likeness (QED) is 0.588. The first-order valence-corrected chi connectivity index (χ1v) is 8.08. The highest BCUT2D eigenvalue weighted by Gasteiger charge is 2.09. The van der Waals surface area contributed by atoms with E-state index in [4.69, 9.17) is 0 Å². The van der Waals surface area contributed by atoms with Gasteiger partial charge in [0.2, 0.25) is 0 Å². The molecule has 0 aromatic carbocycles. The van der Waals surface area contributed by atoms with Crippen LogP contribution in [-0.4, -0.2) is 29.9 Å². The van der Waals surface area contributed by atoms with Crippen molar-refractivity contribution in [3.63, 3.8) is 0 Å². The van der Waals surface area contributed by atoms with Crippen LogP contribution in [0.15, 0.2) is 36.8 Å². The van der Waals surface area contributed by atoms with Gasteiger partial charge in [0, 0.05) is 18.1 Å². The molecule has 4 rings (SSSR count). The fourth-order valence-corrected chi connectivity index (χ4v) is 2.66. The normalized spacial score (nSPS) is 11.6. The highest BCUT2D eigenvalue weighted by atomic mass is 15.3. The summed E-state index contributed by atoms with van der Waals surface area (Å²) in [6.07, 6.45) is 6.50. The summed E-state index contributed by atoms with van der Waals surface area (Å²) in [4.78, 5) is 8.91. The summed E-state index contributed by atoms with van der Waals surface area (Å²) in [5, 5.41) is 16.0. The van der Waals surface area contributed by atoms with E-state index in [0.29, 0.717) is 11.7 Å². The third-order valence-electron chi connectivity index (χ3n) is 3.98. The van der Waals surface area contributed by atoms with Gasteiger partial charge in [-0.2, -0.15) is 10.2 Å². The Hall–Kier alpha value is -2.96. The number of H-pyrrole nitrogens is 1. The van der Waals surface area contributed by atoms with Crippen molar-refractivity contribution < 1.29 is 0 Å². The predicted octanol–water partition coefficient (Wildman–Crippen LogP) is 3.49. The second-order valence-electron chi connectivity index (χ2n) is 6.28. The van der Waals surface area contributed by atoms with E-state index in [0.717, 1.165) is 40.7 Å². The lowest BCUT2D eigenvalue weighted by molar-refractivity contribution is 0.494. The van der Waals surface area contributed by atoms with Gasteiger partial charge in [-0.05, 0) is 30.5 Å². The topological polar surface area (TPSA) is 84.3 Å². The second kappa shape index (κ2) is 5.92. The first-order valence-electron chi connectivity index (χ1n) is 8.08. The summed E-state index contributed by atoms with van der Waals surface area (Å²) < 4.78 is 1.96. The molecule has 4 heterocycles. The first-order chi connectivity index (χ1) is 11.7. The molecule has 4 aromatic rings. The molecule has 0 fully saturated rings. The van der Waals surface area contributed by atoms with Crippen molar-refractivity contribution in [1.82, 2.24) is 29.9 Å². The second-order valence-corrected chi connectivity index (χ2v) is 6.28. The van der Waals surface area contributed by atoms with E-state index in [1.807, 2.05) is 29.1 Å². The lowest BCUT2D eigenvalue weighted by Crippen LogP contribution is -2.04. The Morgan fingerprint density at radius 1 is 1.25 bits per heavy atom. The number of rotatable bonds is 5. The van der Waals surface area contributed by atoms with E-state index >= 15 is 0 Å². The molecule has 0 aliphatic rings. The van der Waals surface area contributed by atoms with Crippen molar-refractivity contribution in [3.05, 3.63) is 36.8 Å².